The smallest absolute Gasteiger partial charge is 0.271 e. The molecule has 81 heavy (non-hydrogen) atoms. The third kappa shape index (κ3) is 13.6. The van der Waals surface area contributed by atoms with E-state index in [-0.39, 0.29) is 54.5 Å². The summed E-state index contributed by atoms with van der Waals surface area (Å²) in [6.07, 6.45) is -0.489. The van der Waals surface area contributed by atoms with Crippen molar-refractivity contribution in [2.45, 2.75) is 77.8 Å². The number of thiazole rings is 6. The first-order chi connectivity index (χ1) is 39.0. The van der Waals surface area contributed by atoms with Crippen LogP contribution in [0.5, 0.6) is 0 Å². The van der Waals surface area contributed by atoms with E-state index in [4.69, 9.17) is 34.6 Å². The zero-order chi connectivity index (χ0) is 57.5. The molecule has 1 aliphatic heterocycles. The van der Waals surface area contributed by atoms with Crippen LogP contribution < -0.4 is 31.9 Å². The topological polar surface area (TPSA) is 315 Å². The number of hydrogen-bond acceptors (Lipinski definition) is 22. The number of ether oxygens (including phenoxy) is 1. The number of anilines is 1. The molecular weight excluding hydrogens is 1160 g/mol. The molecule has 0 saturated heterocycles. The van der Waals surface area contributed by atoms with Crippen LogP contribution >= 0.6 is 68.0 Å². The van der Waals surface area contributed by atoms with Crippen molar-refractivity contribution in [2.24, 2.45) is 11.8 Å². The van der Waals surface area contributed by atoms with E-state index in [0.717, 1.165) is 11.3 Å². The van der Waals surface area contributed by atoms with Crippen LogP contribution in [0, 0.1) is 18.8 Å². The summed E-state index contributed by atoms with van der Waals surface area (Å²) in [5, 5.41) is 47.4. The van der Waals surface area contributed by atoms with E-state index in [0.29, 0.717) is 92.4 Å². The van der Waals surface area contributed by atoms with Gasteiger partial charge in [0.25, 0.3) is 17.7 Å². The van der Waals surface area contributed by atoms with Gasteiger partial charge in [0.2, 0.25) is 17.7 Å². The van der Waals surface area contributed by atoms with Crippen LogP contribution in [0.3, 0.4) is 0 Å². The van der Waals surface area contributed by atoms with Crippen molar-refractivity contribution in [3.63, 3.8) is 0 Å². The molecule has 0 saturated carbocycles. The third-order valence-corrected chi connectivity index (χ3v) is 18.5. The van der Waals surface area contributed by atoms with E-state index in [2.05, 4.69) is 36.9 Å². The number of amides is 6. The highest BCUT2D eigenvalue weighted by Gasteiger charge is 2.33. The molecule has 0 radical (unpaired) electrons. The lowest BCUT2D eigenvalue weighted by Gasteiger charge is -2.23. The van der Waals surface area contributed by atoms with Crippen molar-refractivity contribution >= 4 is 109 Å². The van der Waals surface area contributed by atoms with Gasteiger partial charge in [-0.2, -0.15) is 0 Å². The van der Waals surface area contributed by atoms with Crippen LogP contribution in [0.15, 0.2) is 64.0 Å². The highest BCUT2D eigenvalue weighted by molar-refractivity contribution is 7.15. The number of hydrogen-bond donors (Lipinski definition) is 8. The second-order valence-electron chi connectivity index (χ2n) is 18.9. The number of benzene rings is 1. The number of rotatable bonds is 13. The molecule has 22 nitrogen and oxygen atoms in total. The standard InChI is InChI=1S/C53H55N13O9S6/c1-24(2)38-53-66-41(34(81-53)19-75-6)46(73)55-18-37(69)63-42(43(70)27-12-8-7-9-13-27)52-60-33(22-78-52)50-58-31(20-77-50)40-28(14-15-29(56-40)49-62-35(23-79-49)61-44(71)25(3)11-10-16-67)48-59-32(21-76-48)45(72)57-30(17-36(68)54-5)51-65-39(26(4)80-51)47(74)64-38/h7-9,12-15,20-25,30,38,42-43,67,70H,10-11,16-19H2,1-6H3,(H,54,68)(H,55,73)(H,57,72)(H,61,71)(H,63,69)(H,64,74)/t25-,30+,38+,42+,43+/m1/s1. The summed E-state index contributed by atoms with van der Waals surface area (Å²) in [7, 11) is 2.95. The maximum atomic E-state index is 14.3. The average molecular weight is 1210 g/mol. The number of aromatic nitrogens is 7. The van der Waals surface area contributed by atoms with E-state index < -0.39 is 60.3 Å². The van der Waals surface area contributed by atoms with Gasteiger partial charge >= 0.3 is 0 Å². The number of fused-ring (bicyclic) bond motifs is 14. The van der Waals surface area contributed by atoms with Crippen LogP contribution in [-0.2, 0) is 25.7 Å². The van der Waals surface area contributed by atoms with Crippen molar-refractivity contribution in [1.29, 1.82) is 0 Å². The number of methoxy groups -OCH3 is 1. The second-order valence-corrected chi connectivity index (χ2v) is 24.7. The zero-order valence-electron chi connectivity index (χ0n) is 44.4. The summed E-state index contributed by atoms with van der Waals surface area (Å²) in [5.41, 5.74) is 2.82. The molecule has 6 amide bonds. The molecule has 10 bridgehead atoms. The Kier molecular flexibility index (Phi) is 18.9. The van der Waals surface area contributed by atoms with Crippen LogP contribution in [0.25, 0.3) is 43.4 Å². The zero-order valence-corrected chi connectivity index (χ0v) is 49.3. The van der Waals surface area contributed by atoms with Gasteiger partial charge in [0.05, 0.1) is 42.2 Å². The molecule has 8 aromatic rings. The monoisotopic (exact) mass is 1210 g/mol. The minimum absolute atomic E-state index is 0.00191. The number of aliphatic hydroxyl groups is 2. The predicted molar refractivity (Wildman–Crippen MR) is 311 cm³/mol. The van der Waals surface area contributed by atoms with Crippen molar-refractivity contribution < 1.29 is 43.7 Å². The first kappa shape index (κ1) is 58.5. The number of carbonyl (C=O) groups excluding carboxylic acids is 6. The number of pyridine rings is 1. The number of nitrogens with zero attached hydrogens (tertiary/aromatic N) is 7. The van der Waals surface area contributed by atoms with Crippen LogP contribution in [0.2, 0.25) is 0 Å². The maximum Gasteiger partial charge on any atom is 0.271 e. The van der Waals surface area contributed by atoms with E-state index in [9.17, 15) is 39.0 Å². The van der Waals surface area contributed by atoms with Crippen molar-refractivity contribution in [2.75, 3.05) is 32.6 Å². The normalized spacial score (nSPS) is 16.9. The first-order valence-electron chi connectivity index (χ1n) is 25.4. The van der Waals surface area contributed by atoms with E-state index in [1.54, 1.807) is 77.8 Å². The fourth-order valence-corrected chi connectivity index (χ4v) is 13.9. The molecule has 28 heteroatoms. The molecule has 1 aromatic carbocycles. The molecule has 1 aliphatic rings. The minimum Gasteiger partial charge on any atom is -0.396 e. The van der Waals surface area contributed by atoms with E-state index >= 15 is 0 Å². The summed E-state index contributed by atoms with van der Waals surface area (Å²) in [6.45, 7) is 6.74. The summed E-state index contributed by atoms with van der Waals surface area (Å²) in [4.78, 5) is 117. The fourth-order valence-electron chi connectivity index (χ4n) is 8.42. The average Bonchev–Trinajstić information content (AvgIpc) is 4.56. The Morgan fingerprint density at radius 2 is 1.43 bits per heavy atom. The van der Waals surface area contributed by atoms with Gasteiger partial charge in [-0.1, -0.05) is 51.1 Å². The largest absolute Gasteiger partial charge is 0.396 e. The molecule has 0 aliphatic carbocycles. The van der Waals surface area contributed by atoms with Gasteiger partial charge in [-0.3, -0.25) is 28.8 Å². The Morgan fingerprint density at radius 3 is 2.19 bits per heavy atom. The van der Waals surface area contributed by atoms with Crippen molar-refractivity contribution in [3.8, 4) is 43.4 Å². The lowest BCUT2D eigenvalue weighted by atomic mass is 10.0. The van der Waals surface area contributed by atoms with Crippen molar-refractivity contribution in [3.05, 3.63) is 111 Å². The molecule has 5 atom stereocenters. The van der Waals surface area contributed by atoms with Gasteiger partial charge in [-0.05, 0) is 43.4 Å². The second kappa shape index (κ2) is 26.2. The number of aryl methyl sites for hydroxylation is 1. The number of carbonyl (C=O) groups is 6. The van der Waals surface area contributed by atoms with E-state index in [1.165, 1.54) is 70.8 Å². The Labute approximate surface area is 488 Å². The molecule has 0 fully saturated rings. The molecule has 8 heterocycles. The van der Waals surface area contributed by atoms with Crippen LogP contribution in [0.1, 0.15) is 126 Å². The third-order valence-electron chi connectivity index (χ3n) is 12.7. The summed E-state index contributed by atoms with van der Waals surface area (Å²) in [6, 6.07) is 9.57. The van der Waals surface area contributed by atoms with Gasteiger partial charge in [0, 0.05) is 58.6 Å². The molecular formula is C53H55N13O9S6. The Bertz CT molecular complexity index is 3590. The highest BCUT2D eigenvalue weighted by atomic mass is 32.1. The summed E-state index contributed by atoms with van der Waals surface area (Å²) in [5.74, 6) is -3.35. The Hall–Kier alpha value is -7.15. The quantitative estimate of drug-likeness (QED) is 0.0549. The van der Waals surface area contributed by atoms with Gasteiger partial charge in [0.1, 0.15) is 82.2 Å². The summed E-state index contributed by atoms with van der Waals surface area (Å²) < 4.78 is 5.45. The van der Waals surface area contributed by atoms with Crippen molar-refractivity contribution in [1.82, 2.24) is 61.5 Å². The predicted octanol–water partition coefficient (Wildman–Crippen LogP) is 7.66. The van der Waals surface area contributed by atoms with Crippen LogP contribution in [0.4, 0.5) is 5.82 Å². The lowest BCUT2D eigenvalue weighted by Crippen LogP contribution is -2.40. The van der Waals surface area contributed by atoms with Gasteiger partial charge < -0.3 is 46.9 Å². The van der Waals surface area contributed by atoms with Gasteiger partial charge in [0.15, 0.2) is 0 Å². The fraction of sp³-hybridized carbons (Fsp3) is 0.340. The van der Waals surface area contributed by atoms with Gasteiger partial charge in [-0.25, -0.2) is 34.9 Å². The Balaban J connectivity index is 1.12. The SMILES string of the molecule is CNC(=O)C[C@@H]1NC(=O)c2csc(n2)-c2ccc(-c3nc(NC(=O)[C@H](C)CCCO)cs3)nc2-c2csc(n2)-c2csc(n2)[C@H]([C@@H](O)c2ccccc2)NC(=O)CNC(=O)c2nc(sc2COC)[C@H](C(C)C)NC(=O)c2nc1sc2C. The Morgan fingerprint density at radius 1 is 0.716 bits per heavy atom. The van der Waals surface area contributed by atoms with E-state index in [1.807, 2.05) is 13.8 Å². The molecule has 422 valence electrons. The van der Waals surface area contributed by atoms with Crippen LogP contribution in [-0.4, -0.2) is 108 Å². The number of aliphatic hydroxyl groups excluding tert-OH is 2. The van der Waals surface area contributed by atoms with Gasteiger partial charge in [-0.15, -0.1) is 68.0 Å². The lowest BCUT2D eigenvalue weighted by molar-refractivity contribution is -0.122. The number of nitrogens with one attached hydrogen (secondary N) is 6. The molecule has 0 unspecified atom stereocenters. The first-order valence-corrected chi connectivity index (χ1v) is 30.5. The summed E-state index contributed by atoms with van der Waals surface area (Å²) >= 11 is 7.25. The minimum atomic E-state index is -1.27. The maximum absolute atomic E-state index is 14.3. The molecule has 9 rings (SSSR count). The molecule has 7 aromatic heterocycles. The molecule has 0 spiro atoms. The highest BCUT2D eigenvalue weighted by Crippen LogP contribution is 2.40. The molecule has 8 N–H and O–H groups in total.